The van der Waals surface area contributed by atoms with Crippen molar-refractivity contribution >= 4 is 23.2 Å². The van der Waals surface area contributed by atoms with Gasteiger partial charge in [0.15, 0.2) is 0 Å². The minimum Gasteiger partial charge on any atom is -0.322 e. The van der Waals surface area contributed by atoms with Crippen LogP contribution in [0.1, 0.15) is 38.9 Å². The molecular formula is C22H18N4O2. The Balaban J connectivity index is 1.70. The Labute approximate surface area is 162 Å². The molecule has 138 valence electrons. The minimum atomic E-state index is -0.438. The lowest BCUT2D eigenvalue weighted by molar-refractivity contribution is 0.102. The van der Waals surface area contributed by atoms with E-state index >= 15 is 0 Å². The molecule has 2 aromatic carbocycles. The first-order valence-corrected chi connectivity index (χ1v) is 8.77. The van der Waals surface area contributed by atoms with Crippen molar-refractivity contribution in [1.29, 1.82) is 5.26 Å². The van der Waals surface area contributed by atoms with Crippen molar-refractivity contribution in [2.24, 2.45) is 0 Å². The van der Waals surface area contributed by atoms with Crippen LogP contribution in [0.4, 0.5) is 11.4 Å². The van der Waals surface area contributed by atoms with Crippen LogP contribution >= 0.6 is 0 Å². The van der Waals surface area contributed by atoms with Crippen molar-refractivity contribution in [3.8, 4) is 6.07 Å². The average molecular weight is 370 g/mol. The number of aromatic nitrogens is 1. The molecule has 0 fully saturated rings. The molecule has 3 aromatic rings. The van der Waals surface area contributed by atoms with E-state index in [9.17, 15) is 9.59 Å². The summed E-state index contributed by atoms with van der Waals surface area (Å²) >= 11 is 0. The van der Waals surface area contributed by atoms with Gasteiger partial charge in [-0.05, 0) is 60.5 Å². The predicted molar refractivity (Wildman–Crippen MR) is 107 cm³/mol. The zero-order valence-corrected chi connectivity index (χ0v) is 15.3. The summed E-state index contributed by atoms with van der Waals surface area (Å²) in [6.07, 6.45) is 2.35. The first kappa shape index (κ1) is 18.8. The van der Waals surface area contributed by atoms with Crippen LogP contribution in [0.3, 0.4) is 0 Å². The number of hydrogen-bond acceptors (Lipinski definition) is 4. The van der Waals surface area contributed by atoms with Gasteiger partial charge in [0, 0.05) is 23.1 Å². The first-order chi connectivity index (χ1) is 13.6. The van der Waals surface area contributed by atoms with E-state index < -0.39 is 5.91 Å². The predicted octanol–water partition coefficient (Wildman–Crippen LogP) is 4.02. The molecule has 0 spiro atoms. The van der Waals surface area contributed by atoms with Gasteiger partial charge in [0.2, 0.25) is 0 Å². The fraction of sp³-hybridized carbons (Fsp3) is 0.0909. The number of anilines is 2. The Morgan fingerprint density at radius 2 is 1.54 bits per heavy atom. The lowest BCUT2D eigenvalue weighted by Gasteiger charge is -2.08. The van der Waals surface area contributed by atoms with Crippen LogP contribution in [0.2, 0.25) is 0 Å². The van der Waals surface area contributed by atoms with E-state index in [2.05, 4.69) is 22.5 Å². The second kappa shape index (κ2) is 8.60. The Hall–Kier alpha value is -3.98. The summed E-state index contributed by atoms with van der Waals surface area (Å²) in [5, 5.41) is 14.3. The summed E-state index contributed by atoms with van der Waals surface area (Å²) in [4.78, 5) is 28.9. The van der Waals surface area contributed by atoms with Gasteiger partial charge in [-0.1, -0.05) is 19.1 Å². The normalized spacial score (nSPS) is 10.0. The van der Waals surface area contributed by atoms with Crippen molar-refractivity contribution in [3.05, 3.63) is 89.2 Å². The lowest BCUT2D eigenvalue weighted by Crippen LogP contribution is -2.17. The number of hydrogen-bond donors (Lipinski definition) is 2. The fourth-order valence-corrected chi connectivity index (χ4v) is 2.55. The van der Waals surface area contributed by atoms with Crippen LogP contribution in [-0.4, -0.2) is 16.8 Å². The molecule has 0 aliphatic heterocycles. The lowest BCUT2D eigenvalue weighted by atomic mass is 10.1. The molecule has 6 nitrogen and oxygen atoms in total. The summed E-state index contributed by atoms with van der Waals surface area (Å²) in [6, 6.07) is 19.1. The number of nitrogens with one attached hydrogen (secondary N) is 2. The second-order valence-corrected chi connectivity index (χ2v) is 6.08. The Bertz CT molecular complexity index is 1040. The third-order valence-electron chi connectivity index (χ3n) is 4.15. The molecule has 0 radical (unpaired) electrons. The number of carbonyl (C=O) groups is 2. The Kier molecular flexibility index (Phi) is 5.78. The number of amides is 2. The largest absolute Gasteiger partial charge is 0.322 e. The number of pyridine rings is 1. The van der Waals surface area contributed by atoms with Crippen molar-refractivity contribution in [3.63, 3.8) is 0 Å². The molecule has 28 heavy (non-hydrogen) atoms. The van der Waals surface area contributed by atoms with Crippen LogP contribution in [0.25, 0.3) is 0 Å². The summed E-state index contributed by atoms with van der Waals surface area (Å²) in [5.41, 5.74) is 3.36. The molecule has 0 saturated carbocycles. The third-order valence-corrected chi connectivity index (χ3v) is 4.15. The zero-order chi connectivity index (χ0) is 19.9. The number of rotatable bonds is 5. The molecule has 2 amide bonds. The van der Waals surface area contributed by atoms with E-state index in [1.54, 1.807) is 30.3 Å². The van der Waals surface area contributed by atoms with E-state index in [4.69, 9.17) is 5.26 Å². The smallest absolute Gasteiger partial charge is 0.274 e. The number of nitriles is 1. The topological polar surface area (TPSA) is 94.9 Å². The number of carbonyl (C=O) groups excluding carboxylic acids is 2. The second-order valence-electron chi connectivity index (χ2n) is 6.08. The van der Waals surface area contributed by atoms with Gasteiger partial charge in [0.25, 0.3) is 11.8 Å². The highest BCUT2D eigenvalue weighted by Gasteiger charge is 2.12. The Morgan fingerprint density at radius 3 is 2.14 bits per heavy atom. The van der Waals surface area contributed by atoms with E-state index in [0.717, 1.165) is 6.42 Å². The molecular weight excluding hydrogens is 352 g/mol. The number of aryl methyl sites for hydroxylation is 1. The number of benzene rings is 2. The maximum atomic E-state index is 12.5. The molecule has 6 heteroatoms. The van der Waals surface area contributed by atoms with Gasteiger partial charge in [-0.2, -0.15) is 5.26 Å². The molecule has 0 atom stereocenters. The van der Waals surface area contributed by atoms with Gasteiger partial charge in [0.1, 0.15) is 5.69 Å². The molecule has 1 aromatic heterocycles. The highest BCUT2D eigenvalue weighted by molar-refractivity contribution is 6.07. The van der Waals surface area contributed by atoms with Crippen molar-refractivity contribution in [2.45, 2.75) is 13.3 Å². The van der Waals surface area contributed by atoms with Crippen LogP contribution in [0.15, 0.2) is 66.9 Å². The highest BCUT2D eigenvalue weighted by Crippen LogP contribution is 2.14. The van der Waals surface area contributed by atoms with Crippen LogP contribution in [-0.2, 0) is 6.42 Å². The summed E-state index contributed by atoms with van der Waals surface area (Å²) < 4.78 is 0. The van der Waals surface area contributed by atoms with Gasteiger partial charge in [-0.25, -0.2) is 0 Å². The van der Waals surface area contributed by atoms with Crippen LogP contribution < -0.4 is 10.6 Å². The van der Waals surface area contributed by atoms with Crippen LogP contribution in [0.5, 0.6) is 0 Å². The third kappa shape index (κ3) is 4.59. The SMILES string of the molecule is CCc1ccc(NC(=O)c2ccnc(C(=O)Nc3ccc(C#N)cc3)c2)cc1. The van der Waals surface area contributed by atoms with E-state index in [0.29, 0.717) is 22.5 Å². The summed E-state index contributed by atoms with van der Waals surface area (Å²) in [7, 11) is 0. The molecule has 0 aliphatic carbocycles. The van der Waals surface area contributed by atoms with E-state index in [1.807, 2.05) is 30.3 Å². The van der Waals surface area contributed by atoms with Gasteiger partial charge in [-0.15, -0.1) is 0 Å². The van der Waals surface area contributed by atoms with E-state index in [1.165, 1.54) is 17.8 Å². The van der Waals surface area contributed by atoms with Crippen molar-refractivity contribution in [2.75, 3.05) is 10.6 Å². The monoisotopic (exact) mass is 370 g/mol. The van der Waals surface area contributed by atoms with Crippen molar-refractivity contribution in [1.82, 2.24) is 4.98 Å². The van der Waals surface area contributed by atoms with Gasteiger partial charge >= 0.3 is 0 Å². The quantitative estimate of drug-likeness (QED) is 0.709. The fourth-order valence-electron chi connectivity index (χ4n) is 2.55. The molecule has 0 unspecified atom stereocenters. The minimum absolute atomic E-state index is 0.123. The molecule has 2 N–H and O–H groups in total. The maximum absolute atomic E-state index is 12.5. The summed E-state index contributed by atoms with van der Waals surface area (Å²) in [5.74, 6) is -0.759. The average Bonchev–Trinajstić information content (AvgIpc) is 2.75. The van der Waals surface area contributed by atoms with Gasteiger partial charge in [0.05, 0.1) is 11.6 Å². The highest BCUT2D eigenvalue weighted by atomic mass is 16.2. The van der Waals surface area contributed by atoms with Gasteiger partial charge in [-0.3, -0.25) is 14.6 Å². The molecule has 0 aliphatic rings. The molecule has 0 saturated heterocycles. The maximum Gasteiger partial charge on any atom is 0.274 e. The molecule has 1 heterocycles. The Morgan fingerprint density at radius 1 is 0.929 bits per heavy atom. The zero-order valence-electron chi connectivity index (χ0n) is 15.3. The van der Waals surface area contributed by atoms with E-state index in [-0.39, 0.29) is 11.6 Å². The van der Waals surface area contributed by atoms with Gasteiger partial charge < -0.3 is 10.6 Å². The van der Waals surface area contributed by atoms with Crippen LogP contribution in [0, 0.1) is 11.3 Å². The standard InChI is InChI=1S/C22H18N4O2/c1-2-15-3-7-18(8-4-15)25-21(27)17-11-12-24-20(13-17)22(28)26-19-9-5-16(14-23)6-10-19/h3-13H,2H2,1H3,(H,25,27)(H,26,28). The summed E-state index contributed by atoms with van der Waals surface area (Å²) in [6.45, 7) is 2.06. The number of nitrogens with zero attached hydrogens (tertiary/aromatic N) is 2. The molecule has 0 bridgehead atoms. The first-order valence-electron chi connectivity index (χ1n) is 8.77. The molecule has 3 rings (SSSR count). The van der Waals surface area contributed by atoms with Crippen molar-refractivity contribution < 1.29 is 9.59 Å².